The fourth-order valence-corrected chi connectivity index (χ4v) is 5.76. The number of sulfonamides is 1. The number of nitrogens with zero attached hydrogens (tertiary/aromatic N) is 2. The molecule has 0 saturated carbocycles. The van der Waals surface area contributed by atoms with E-state index in [-0.39, 0.29) is 23.0 Å². The normalized spacial score (nSPS) is 12.8. The maximum atomic E-state index is 14.4. The maximum absolute atomic E-state index is 14.4. The van der Waals surface area contributed by atoms with E-state index in [0.717, 1.165) is 33.5 Å². The molecule has 166 valence electrons. The number of hydrogen-bond donors (Lipinski definition) is 1. The third-order valence-corrected chi connectivity index (χ3v) is 6.90. The Morgan fingerprint density at radius 2 is 1.90 bits per heavy atom. The van der Waals surface area contributed by atoms with Crippen molar-refractivity contribution >= 4 is 48.9 Å². The van der Waals surface area contributed by atoms with E-state index in [0.29, 0.717) is 10.4 Å². The molecule has 0 aliphatic heterocycles. The predicted octanol–water partition coefficient (Wildman–Crippen LogP) is 3.97. The summed E-state index contributed by atoms with van der Waals surface area (Å²) < 4.78 is 42.5. The van der Waals surface area contributed by atoms with Crippen LogP contribution in [0, 0.1) is 5.82 Å². The number of anilines is 2. The van der Waals surface area contributed by atoms with Crippen molar-refractivity contribution < 1.29 is 17.6 Å². The first kappa shape index (κ1) is 23.0. The van der Waals surface area contributed by atoms with Crippen LogP contribution in [0.2, 0.25) is 0 Å². The van der Waals surface area contributed by atoms with Gasteiger partial charge in [0.2, 0.25) is 15.9 Å². The molecule has 31 heavy (non-hydrogen) atoms. The molecule has 0 spiro atoms. The number of nitrogens with one attached hydrogen (secondary N) is 1. The summed E-state index contributed by atoms with van der Waals surface area (Å²) in [6, 6.07) is 9.36. The summed E-state index contributed by atoms with van der Waals surface area (Å²) in [6.07, 6.45) is 1.07. The van der Waals surface area contributed by atoms with Crippen LogP contribution in [0.4, 0.5) is 15.8 Å². The summed E-state index contributed by atoms with van der Waals surface area (Å²) in [5, 5.41) is 2.71. The van der Waals surface area contributed by atoms with Gasteiger partial charge in [-0.15, -0.1) is 0 Å². The average Bonchev–Trinajstić information content (AvgIpc) is 3.00. The first-order valence-corrected chi connectivity index (χ1v) is 12.4. The molecule has 0 bridgehead atoms. The van der Waals surface area contributed by atoms with Crippen LogP contribution in [0.3, 0.4) is 0 Å². The number of amides is 1. The Morgan fingerprint density at radius 1 is 1.23 bits per heavy atom. The van der Waals surface area contributed by atoms with Gasteiger partial charge in [0.1, 0.15) is 11.9 Å². The number of carbonyl (C=O) groups is 1. The molecule has 1 unspecified atom stereocenters. The highest BCUT2D eigenvalue weighted by Gasteiger charge is 2.33. The number of fused-ring (bicyclic) bond motifs is 1. The van der Waals surface area contributed by atoms with Gasteiger partial charge >= 0.3 is 4.87 Å². The van der Waals surface area contributed by atoms with E-state index in [1.165, 1.54) is 18.2 Å². The largest absolute Gasteiger partial charge is 0.324 e. The molecule has 1 atom stereocenters. The number of para-hydroxylation sites is 1. The topological polar surface area (TPSA) is 88.5 Å². The van der Waals surface area contributed by atoms with Gasteiger partial charge < -0.3 is 5.32 Å². The smallest absolute Gasteiger partial charge is 0.308 e. The molecular weight excluding hydrogens is 441 g/mol. The Kier molecular flexibility index (Phi) is 6.51. The second-order valence-electron chi connectivity index (χ2n) is 7.44. The lowest BCUT2D eigenvalue weighted by Crippen LogP contribution is -2.47. The molecule has 0 aliphatic carbocycles. The number of thiazole rings is 1. The molecular formula is C21H24FN3O4S2. The van der Waals surface area contributed by atoms with E-state index >= 15 is 0 Å². The monoisotopic (exact) mass is 465 g/mol. The van der Waals surface area contributed by atoms with Gasteiger partial charge in [0, 0.05) is 11.7 Å². The van der Waals surface area contributed by atoms with Crippen LogP contribution >= 0.6 is 11.3 Å². The van der Waals surface area contributed by atoms with Crippen molar-refractivity contribution in [1.29, 1.82) is 0 Å². The van der Waals surface area contributed by atoms with E-state index in [1.807, 2.05) is 13.8 Å². The standard InChI is InChI=1S/C21H24FN3O4S2/c1-5-16(25(31(4,28)29)17-9-7-6-8-15(17)22)20(26)23-14-10-11-18-19(12-14)30-21(27)24(18)13(2)3/h6-13,16H,5H2,1-4H3,(H,23,26). The lowest BCUT2D eigenvalue weighted by molar-refractivity contribution is -0.117. The first-order chi connectivity index (χ1) is 14.5. The maximum Gasteiger partial charge on any atom is 0.308 e. The zero-order valence-electron chi connectivity index (χ0n) is 17.6. The molecule has 0 fully saturated rings. The summed E-state index contributed by atoms with van der Waals surface area (Å²) in [5.41, 5.74) is 1.00. The van der Waals surface area contributed by atoms with Crippen LogP contribution in [0.1, 0.15) is 33.2 Å². The zero-order chi connectivity index (χ0) is 22.9. The van der Waals surface area contributed by atoms with Gasteiger partial charge in [-0.05, 0) is 50.6 Å². The highest BCUT2D eigenvalue weighted by molar-refractivity contribution is 7.92. The molecule has 1 N–H and O–H groups in total. The molecule has 3 aromatic rings. The van der Waals surface area contributed by atoms with E-state index in [4.69, 9.17) is 0 Å². The predicted molar refractivity (Wildman–Crippen MR) is 123 cm³/mol. The molecule has 0 radical (unpaired) electrons. The highest BCUT2D eigenvalue weighted by Crippen LogP contribution is 2.27. The SMILES string of the molecule is CCC(C(=O)Nc1ccc2c(c1)sc(=O)n2C(C)C)N(c1ccccc1F)S(C)(=O)=O. The fraction of sp³-hybridized carbons (Fsp3) is 0.333. The molecule has 0 aliphatic rings. The van der Waals surface area contributed by atoms with Gasteiger partial charge in [-0.2, -0.15) is 0 Å². The lowest BCUT2D eigenvalue weighted by Gasteiger charge is -2.30. The Bertz CT molecular complexity index is 1280. The number of halogens is 1. The van der Waals surface area contributed by atoms with Crippen molar-refractivity contribution in [2.45, 2.75) is 39.3 Å². The van der Waals surface area contributed by atoms with Crippen LogP contribution < -0.4 is 14.5 Å². The van der Waals surface area contributed by atoms with Gasteiger partial charge in [-0.3, -0.25) is 18.5 Å². The minimum Gasteiger partial charge on any atom is -0.324 e. The number of rotatable bonds is 7. The second-order valence-corrected chi connectivity index (χ2v) is 10.3. The van der Waals surface area contributed by atoms with Crippen molar-refractivity contribution in [3.63, 3.8) is 0 Å². The van der Waals surface area contributed by atoms with Gasteiger partial charge in [0.05, 0.1) is 22.2 Å². The third kappa shape index (κ3) is 4.64. The molecule has 3 rings (SSSR count). The van der Waals surface area contributed by atoms with E-state index in [2.05, 4.69) is 5.32 Å². The zero-order valence-corrected chi connectivity index (χ0v) is 19.3. The first-order valence-electron chi connectivity index (χ1n) is 9.74. The Balaban J connectivity index is 1.96. The van der Waals surface area contributed by atoms with Gasteiger partial charge in [-0.1, -0.05) is 30.4 Å². The summed E-state index contributed by atoms with van der Waals surface area (Å²) >= 11 is 1.07. The molecule has 2 aromatic carbocycles. The highest BCUT2D eigenvalue weighted by atomic mass is 32.2. The van der Waals surface area contributed by atoms with Crippen LogP contribution in [0.15, 0.2) is 47.3 Å². The summed E-state index contributed by atoms with van der Waals surface area (Å²) in [7, 11) is -3.95. The quantitative estimate of drug-likeness (QED) is 0.572. The lowest BCUT2D eigenvalue weighted by atomic mass is 10.1. The van der Waals surface area contributed by atoms with E-state index < -0.39 is 27.8 Å². The third-order valence-electron chi connectivity index (χ3n) is 4.82. The molecule has 1 amide bonds. The van der Waals surface area contributed by atoms with Crippen molar-refractivity contribution in [2.24, 2.45) is 0 Å². The molecule has 10 heteroatoms. The van der Waals surface area contributed by atoms with Gasteiger partial charge in [0.15, 0.2) is 0 Å². The van der Waals surface area contributed by atoms with Crippen molar-refractivity contribution in [3.8, 4) is 0 Å². The Morgan fingerprint density at radius 3 is 2.48 bits per heavy atom. The van der Waals surface area contributed by atoms with Crippen LogP contribution in [-0.2, 0) is 14.8 Å². The minimum absolute atomic E-state index is 0.00440. The van der Waals surface area contributed by atoms with Crippen LogP contribution in [-0.4, -0.2) is 31.2 Å². The van der Waals surface area contributed by atoms with E-state index in [1.54, 1.807) is 29.7 Å². The molecule has 0 saturated heterocycles. The van der Waals surface area contributed by atoms with E-state index in [9.17, 15) is 22.4 Å². The minimum atomic E-state index is -3.95. The molecule has 1 heterocycles. The number of benzene rings is 2. The fourth-order valence-electron chi connectivity index (χ4n) is 3.49. The Labute approximate surface area is 184 Å². The number of hydrogen-bond acceptors (Lipinski definition) is 5. The number of carbonyl (C=O) groups excluding carboxylic acids is 1. The van der Waals surface area contributed by atoms with Crippen molar-refractivity contribution in [1.82, 2.24) is 4.57 Å². The summed E-state index contributed by atoms with van der Waals surface area (Å²) in [6.45, 7) is 5.48. The van der Waals surface area contributed by atoms with Gasteiger partial charge in [-0.25, -0.2) is 12.8 Å². The average molecular weight is 466 g/mol. The Hall–Kier alpha value is -2.72. The second kappa shape index (κ2) is 8.80. The molecule has 7 nitrogen and oxygen atoms in total. The summed E-state index contributed by atoms with van der Waals surface area (Å²) in [4.78, 5) is 25.2. The molecule has 1 aromatic heterocycles. The van der Waals surface area contributed by atoms with Crippen molar-refractivity contribution in [2.75, 3.05) is 15.9 Å². The number of aromatic nitrogens is 1. The van der Waals surface area contributed by atoms with Crippen LogP contribution in [0.25, 0.3) is 10.2 Å². The van der Waals surface area contributed by atoms with Crippen molar-refractivity contribution in [3.05, 3.63) is 57.9 Å². The summed E-state index contributed by atoms with van der Waals surface area (Å²) in [5.74, 6) is -1.33. The van der Waals surface area contributed by atoms with Crippen LogP contribution in [0.5, 0.6) is 0 Å². The van der Waals surface area contributed by atoms with Gasteiger partial charge in [0.25, 0.3) is 0 Å².